The molecule has 19 heavy (non-hydrogen) atoms. The van der Waals surface area contributed by atoms with E-state index in [0.717, 1.165) is 24.2 Å². The van der Waals surface area contributed by atoms with Gasteiger partial charge in [0.25, 0.3) is 0 Å². The second-order valence-electron chi connectivity index (χ2n) is 4.77. The highest BCUT2D eigenvalue weighted by atomic mass is 32.2. The average molecular weight is 272 g/mol. The van der Waals surface area contributed by atoms with Gasteiger partial charge in [-0.2, -0.15) is 0 Å². The number of benzene rings is 1. The van der Waals surface area contributed by atoms with Crippen LogP contribution < -0.4 is 0 Å². The summed E-state index contributed by atoms with van der Waals surface area (Å²) in [5, 5.41) is 0.304. The van der Waals surface area contributed by atoms with Crippen molar-refractivity contribution < 1.29 is 4.79 Å². The minimum absolute atomic E-state index is 0.0149. The summed E-state index contributed by atoms with van der Waals surface area (Å²) in [6, 6.07) is 10.2. The molecule has 1 aliphatic carbocycles. The summed E-state index contributed by atoms with van der Waals surface area (Å²) in [7, 11) is 0. The van der Waals surface area contributed by atoms with Crippen LogP contribution in [0, 0.1) is 5.92 Å². The zero-order valence-electron chi connectivity index (χ0n) is 11.3. The minimum atomic E-state index is -0.0149. The van der Waals surface area contributed by atoms with E-state index in [2.05, 4.69) is 43.4 Å². The van der Waals surface area contributed by atoms with Crippen LogP contribution in [0.4, 0.5) is 0 Å². The Balaban J connectivity index is 2.20. The van der Waals surface area contributed by atoms with Crippen LogP contribution in [-0.4, -0.2) is 10.9 Å². The average Bonchev–Trinajstić information content (AvgIpc) is 2.47. The van der Waals surface area contributed by atoms with Crippen LogP contribution in [0.15, 0.2) is 54.6 Å². The number of allylic oxidation sites excluding steroid dienone is 4. The van der Waals surface area contributed by atoms with Crippen molar-refractivity contribution in [3.05, 3.63) is 60.2 Å². The van der Waals surface area contributed by atoms with E-state index in [0.29, 0.717) is 11.0 Å². The van der Waals surface area contributed by atoms with Crippen LogP contribution in [0.1, 0.15) is 31.2 Å². The Morgan fingerprint density at radius 3 is 2.74 bits per heavy atom. The fraction of sp³-hybridized carbons (Fsp3) is 0.353. The predicted octanol–water partition coefficient (Wildman–Crippen LogP) is 4.57. The third kappa shape index (κ3) is 3.84. The molecule has 0 aliphatic heterocycles. The number of thioether (sulfide) groups is 1. The molecular weight excluding hydrogens is 252 g/mol. The topological polar surface area (TPSA) is 17.1 Å². The molecule has 0 N–H and O–H groups in total. The largest absolute Gasteiger partial charge is 0.287 e. The van der Waals surface area contributed by atoms with Crippen molar-refractivity contribution in [2.75, 3.05) is 5.75 Å². The molecule has 2 atom stereocenters. The molecule has 1 aromatic carbocycles. The monoisotopic (exact) mass is 272 g/mol. The maximum Gasteiger partial charge on any atom is 0.197 e. The second-order valence-corrected chi connectivity index (χ2v) is 5.87. The normalized spacial score (nSPS) is 19.3. The smallest absolute Gasteiger partial charge is 0.197 e. The molecular formula is C17H20OS. The van der Waals surface area contributed by atoms with Gasteiger partial charge in [0, 0.05) is 5.75 Å². The van der Waals surface area contributed by atoms with Crippen molar-refractivity contribution in [2.24, 2.45) is 5.92 Å². The van der Waals surface area contributed by atoms with Gasteiger partial charge in [0.2, 0.25) is 0 Å². The standard InChI is InChI=1S/C17H20OS/c1-2-13-19-17(18)16(14-9-5-3-6-10-14)15-11-7-4-8-12-15/h3-11,15-16H,2,12-13H2,1H3. The first kappa shape index (κ1) is 14.1. The summed E-state index contributed by atoms with van der Waals surface area (Å²) >= 11 is 1.48. The Bertz CT molecular complexity index is 461. The number of hydrogen-bond acceptors (Lipinski definition) is 2. The molecule has 1 nitrogen and oxygen atoms in total. The van der Waals surface area contributed by atoms with E-state index >= 15 is 0 Å². The molecule has 0 saturated carbocycles. The molecule has 0 spiro atoms. The quantitative estimate of drug-likeness (QED) is 0.781. The molecule has 0 saturated heterocycles. The SMILES string of the molecule is CCCSC(=O)C(c1ccccc1)C1C=CC=CC1. The fourth-order valence-electron chi connectivity index (χ4n) is 2.36. The summed E-state index contributed by atoms with van der Waals surface area (Å²) in [4.78, 5) is 12.5. The number of hydrogen-bond donors (Lipinski definition) is 0. The van der Waals surface area contributed by atoms with Gasteiger partial charge in [-0.3, -0.25) is 4.79 Å². The number of carbonyl (C=O) groups excluding carboxylic acids is 1. The van der Waals surface area contributed by atoms with Crippen LogP contribution >= 0.6 is 11.8 Å². The molecule has 2 rings (SSSR count). The highest BCUT2D eigenvalue weighted by molar-refractivity contribution is 8.13. The molecule has 0 amide bonds. The molecule has 0 bridgehead atoms. The fourth-order valence-corrected chi connectivity index (χ4v) is 3.25. The summed E-state index contributed by atoms with van der Waals surface area (Å²) in [5.74, 6) is 1.19. The molecule has 2 unspecified atom stereocenters. The highest BCUT2D eigenvalue weighted by Crippen LogP contribution is 2.34. The molecule has 0 fully saturated rings. The summed E-state index contributed by atoms with van der Waals surface area (Å²) in [5.41, 5.74) is 1.14. The Kier molecular flexibility index (Phi) is 5.46. The Morgan fingerprint density at radius 1 is 1.32 bits per heavy atom. The van der Waals surface area contributed by atoms with Crippen molar-refractivity contribution in [1.29, 1.82) is 0 Å². The van der Waals surface area contributed by atoms with Gasteiger partial charge in [-0.1, -0.05) is 73.3 Å². The van der Waals surface area contributed by atoms with E-state index in [1.54, 1.807) is 0 Å². The maximum atomic E-state index is 12.5. The van der Waals surface area contributed by atoms with Gasteiger partial charge < -0.3 is 0 Å². The first-order chi connectivity index (χ1) is 9.33. The van der Waals surface area contributed by atoms with Crippen LogP contribution in [0.3, 0.4) is 0 Å². The van der Waals surface area contributed by atoms with Crippen LogP contribution in [0.25, 0.3) is 0 Å². The molecule has 2 heteroatoms. The van der Waals surface area contributed by atoms with Crippen LogP contribution in [0.5, 0.6) is 0 Å². The van der Waals surface area contributed by atoms with Gasteiger partial charge in [-0.15, -0.1) is 0 Å². The summed E-state index contributed by atoms with van der Waals surface area (Å²) in [6.07, 6.45) is 10.4. The van der Waals surface area contributed by atoms with Crippen molar-refractivity contribution in [2.45, 2.75) is 25.7 Å². The van der Waals surface area contributed by atoms with E-state index in [4.69, 9.17) is 0 Å². The molecule has 1 aliphatic rings. The van der Waals surface area contributed by atoms with E-state index in [-0.39, 0.29) is 5.92 Å². The van der Waals surface area contributed by atoms with E-state index < -0.39 is 0 Å². The van der Waals surface area contributed by atoms with Gasteiger partial charge in [-0.25, -0.2) is 0 Å². The highest BCUT2D eigenvalue weighted by Gasteiger charge is 2.28. The van der Waals surface area contributed by atoms with Gasteiger partial charge in [0.1, 0.15) is 0 Å². The molecule has 100 valence electrons. The number of rotatable bonds is 5. The van der Waals surface area contributed by atoms with Gasteiger partial charge in [0.15, 0.2) is 5.12 Å². The second kappa shape index (κ2) is 7.34. The zero-order valence-corrected chi connectivity index (χ0v) is 12.1. The molecule has 1 aromatic rings. The van der Waals surface area contributed by atoms with Gasteiger partial charge in [0.05, 0.1) is 5.92 Å². The van der Waals surface area contributed by atoms with Crippen molar-refractivity contribution in [3.8, 4) is 0 Å². The third-order valence-corrected chi connectivity index (χ3v) is 4.45. The first-order valence-corrected chi connectivity index (χ1v) is 7.86. The summed E-state index contributed by atoms with van der Waals surface area (Å²) < 4.78 is 0. The molecule has 0 aromatic heterocycles. The summed E-state index contributed by atoms with van der Waals surface area (Å²) in [6.45, 7) is 2.11. The minimum Gasteiger partial charge on any atom is -0.287 e. The van der Waals surface area contributed by atoms with Crippen molar-refractivity contribution in [3.63, 3.8) is 0 Å². The predicted molar refractivity (Wildman–Crippen MR) is 83.3 cm³/mol. The molecule has 0 heterocycles. The third-order valence-electron chi connectivity index (χ3n) is 3.30. The van der Waals surface area contributed by atoms with E-state index in [9.17, 15) is 4.79 Å². The lowest BCUT2D eigenvalue weighted by Gasteiger charge is -2.24. The Morgan fingerprint density at radius 2 is 2.11 bits per heavy atom. The lowest BCUT2D eigenvalue weighted by molar-refractivity contribution is -0.113. The lowest BCUT2D eigenvalue weighted by Crippen LogP contribution is -2.19. The maximum absolute atomic E-state index is 12.5. The van der Waals surface area contributed by atoms with E-state index in [1.807, 2.05) is 18.2 Å². The van der Waals surface area contributed by atoms with Gasteiger partial charge in [-0.05, 0) is 24.3 Å². The lowest BCUT2D eigenvalue weighted by atomic mass is 9.83. The molecule has 0 radical (unpaired) electrons. The Labute approximate surface area is 119 Å². The zero-order chi connectivity index (χ0) is 13.5. The van der Waals surface area contributed by atoms with Crippen molar-refractivity contribution in [1.82, 2.24) is 0 Å². The van der Waals surface area contributed by atoms with E-state index in [1.165, 1.54) is 11.8 Å². The first-order valence-electron chi connectivity index (χ1n) is 6.88. The van der Waals surface area contributed by atoms with Crippen LogP contribution in [-0.2, 0) is 4.79 Å². The Hall–Kier alpha value is -1.28. The van der Waals surface area contributed by atoms with Crippen molar-refractivity contribution >= 4 is 16.9 Å². The van der Waals surface area contributed by atoms with Gasteiger partial charge >= 0.3 is 0 Å². The number of carbonyl (C=O) groups is 1. The van der Waals surface area contributed by atoms with Crippen LogP contribution in [0.2, 0.25) is 0 Å².